The molecule has 0 unspecified atom stereocenters. The van der Waals surface area contributed by atoms with Crippen LogP contribution in [0.3, 0.4) is 0 Å². The van der Waals surface area contributed by atoms with Gasteiger partial charge in [-0.2, -0.15) is 0 Å². The maximum atomic E-state index is 13.9. The quantitative estimate of drug-likeness (QED) is 0.820. The Morgan fingerprint density at radius 2 is 2.04 bits per heavy atom. The van der Waals surface area contributed by atoms with Crippen molar-refractivity contribution in [2.24, 2.45) is 0 Å². The highest BCUT2D eigenvalue weighted by molar-refractivity contribution is 8.00. The summed E-state index contributed by atoms with van der Waals surface area (Å²) < 4.78 is 41.4. The number of nitrogens with one attached hydrogen (secondary N) is 1. The van der Waals surface area contributed by atoms with E-state index in [1.807, 2.05) is 6.92 Å². The highest BCUT2D eigenvalue weighted by atomic mass is 35.5. The van der Waals surface area contributed by atoms with Crippen LogP contribution in [0.1, 0.15) is 13.8 Å². The van der Waals surface area contributed by atoms with Crippen LogP contribution in [0.25, 0.3) is 0 Å². The minimum absolute atomic E-state index is 0.0491. The Morgan fingerprint density at radius 1 is 1.31 bits per heavy atom. The van der Waals surface area contributed by atoms with Gasteiger partial charge in [0.25, 0.3) is 10.0 Å². The van der Waals surface area contributed by atoms with Crippen LogP contribution in [0.4, 0.5) is 15.8 Å². The van der Waals surface area contributed by atoms with Gasteiger partial charge in [-0.3, -0.25) is 9.52 Å². The largest absolute Gasteiger partial charge is 0.310 e. The lowest BCUT2D eigenvalue weighted by Gasteiger charge is -2.32. The number of thioether (sulfide) groups is 1. The Bertz CT molecular complexity index is 982. The molecule has 1 aliphatic rings. The van der Waals surface area contributed by atoms with Crippen molar-refractivity contribution in [3.8, 4) is 0 Å². The van der Waals surface area contributed by atoms with Gasteiger partial charge >= 0.3 is 0 Å². The van der Waals surface area contributed by atoms with Crippen LogP contribution in [0, 0.1) is 5.82 Å². The van der Waals surface area contributed by atoms with Gasteiger partial charge < -0.3 is 4.90 Å². The number of carbonyl (C=O) groups excluding carboxylic acids is 1. The Morgan fingerprint density at radius 3 is 2.69 bits per heavy atom. The third-order valence-electron chi connectivity index (χ3n) is 3.85. The molecule has 0 aromatic heterocycles. The van der Waals surface area contributed by atoms with E-state index < -0.39 is 15.8 Å². The normalized spacial score (nSPS) is 16.9. The standard InChI is InChI=1S/C17H16ClFN2O3S2/c1-10-9-21(11(2)22)16-8-13(4-6-17(16)25-10)26(23,24)20-15-5-3-12(18)7-14(15)19/h3-8,10,20H,9H2,1-2H3/t10-/m0/s1. The monoisotopic (exact) mass is 414 g/mol. The number of hydrogen-bond donors (Lipinski definition) is 1. The molecule has 2 aromatic carbocycles. The second kappa shape index (κ2) is 7.09. The van der Waals surface area contributed by atoms with Crippen LogP contribution >= 0.6 is 23.4 Å². The van der Waals surface area contributed by atoms with Crippen molar-refractivity contribution in [3.05, 3.63) is 47.2 Å². The zero-order valence-corrected chi connectivity index (χ0v) is 16.4. The third kappa shape index (κ3) is 3.82. The van der Waals surface area contributed by atoms with Crippen molar-refractivity contribution >= 4 is 50.7 Å². The first-order valence-electron chi connectivity index (χ1n) is 7.74. The van der Waals surface area contributed by atoms with Crippen LogP contribution in [0.5, 0.6) is 0 Å². The van der Waals surface area contributed by atoms with Gasteiger partial charge in [0.05, 0.1) is 16.3 Å². The summed E-state index contributed by atoms with van der Waals surface area (Å²) in [6.45, 7) is 3.93. The van der Waals surface area contributed by atoms with Gasteiger partial charge in [0.1, 0.15) is 5.82 Å². The summed E-state index contributed by atoms with van der Waals surface area (Å²) in [7, 11) is -4.03. The lowest BCUT2D eigenvalue weighted by molar-refractivity contribution is -0.116. The van der Waals surface area contributed by atoms with E-state index in [1.165, 1.54) is 31.2 Å². The molecule has 9 heteroatoms. The lowest BCUT2D eigenvalue weighted by Crippen LogP contribution is -2.37. The van der Waals surface area contributed by atoms with E-state index in [9.17, 15) is 17.6 Å². The molecule has 26 heavy (non-hydrogen) atoms. The maximum Gasteiger partial charge on any atom is 0.262 e. The number of rotatable bonds is 3. The first-order chi connectivity index (χ1) is 12.2. The van der Waals surface area contributed by atoms with Crippen molar-refractivity contribution in [2.75, 3.05) is 16.2 Å². The SMILES string of the molecule is CC(=O)N1C[C@H](C)Sc2ccc(S(=O)(=O)Nc3ccc(Cl)cc3F)cc21. The molecule has 5 nitrogen and oxygen atoms in total. The summed E-state index contributed by atoms with van der Waals surface area (Å²) >= 11 is 7.26. The molecule has 0 saturated heterocycles. The number of nitrogens with zero attached hydrogens (tertiary/aromatic N) is 1. The van der Waals surface area contributed by atoms with Gasteiger partial charge in [-0.1, -0.05) is 18.5 Å². The van der Waals surface area contributed by atoms with Crippen molar-refractivity contribution in [3.63, 3.8) is 0 Å². The number of carbonyl (C=O) groups is 1. The molecule has 0 radical (unpaired) electrons. The topological polar surface area (TPSA) is 66.5 Å². The second-order valence-corrected chi connectivity index (χ2v) is 9.52. The number of benzene rings is 2. The van der Waals surface area contributed by atoms with E-state index in [0.29, 0.717) is 12.2 Å². The van der Waals surface area contributed by atoms with Crippen LogP contribution in [-0.2, 0) is 14.8 Å². The van der Waals surface area contributed by atoms with E-state index in [1.54, 1.807) is 22.7 Å². The van der Waals surface area contributed by atoms with Crippen molar-refractivity contribution < 1.29 is 17.6 Å². The van der Waals surface area contributed by atoms with Crippen LogP contribution in [0.2, 0.25) is 5.02 Å². The van der Waals surface area contributed by atoms with Gasteiger partial charge in [-0.25, -0.2) is 12.8 Å². The van der Waals surface area contributed by atoms with Gasteiger partial charge in [-0.05, 0) is 36.4 Å². The molecule has 0 aliphatic carbocycles. The average molecular weight is 415 g/mol. The molecule has 0 saturated carbocycles. The molecular weight excluding hydrogens is 399 g/mol. The van der Waals surface area contributed by atoms with Gasteiger partial charge in [0, 0.05) is 28.6 Å². The Balaban J connectivity index is 1.98. The summed E-state index contributed by atoms with van der Waals surface area (Å²) in [4.78, 5) is 14.3. The van der Waals surface area contributed by atoms with Crippen molar-refractivity contribution in [2.45, 2.75) is 28.9 Å². The van der Waals surface area contributed by atoms with Crippen LogP contribution in [0.15, 0.2) is 46.2 Å². The Hall–Kier alpha value is -1.77. The fraction of sp³-hybridized carbons (Fsp3) is 0.235. The zero-order valence-electron chi connectivity index (χ0n) is 14.0. The van der Waals surface area contributed by atoms with Gasteiger partial charge in [0.15, 0.2) is 0 Å². The van der Waals surface area contributed by atoms with E-state index in [-0.39, 0.29) is 26.8 Å². The molecule has 0 spiro atoms. The minimum atomic E-state index is -4.03. The molecule has 138 valence electrons. The first-order valence-corrected chi connectivity index (χ1v) is 10.5. The van der Waals surface area contributed by atoms with E-state index >= 15 is 0 Å². The van der Waals surface area contributed by atoms with Gasteiger partial charge in [0.2, 0.25) is 5.91 Å². The Labute approximate surface area is 160 Å². The lowest BCUT2D eigenvalue weighted by atomic mass is 10.2. The number of fused-ring (bicyclic) bond motifs is 1. The maximum absolute atomic E-state index is 13.9. The molecule has 1 atom stereocenters. The molecule has 2 aromatic rings. The fourth-order valence-corrected chi connectivity index (χ4v) is 5.00. The summed E-state index contributed by atoms with van der Waals surface area (Å²) in [6.07, 6.45) is 0. The first kappa shape index (κ1) is 19.0. The zero-order chi connectivity index (χ0) is 19.1. The summed E-state index contributed by atoms with van der Waals surface area (Å²) in [5.41, 5.74) is 0.346. The molecule has 3 rings (SSSR count). The predicted octanol–water partition coefficient (Wildman–Crippen LogP) is 4.13. The second-order valence-electron chi connectivity index (χ2n) is 5.92. The molecule has 0 fully saturated rings. The van der Waals surface area contributed by atoms with Crippen molar-refractivity contribution in [1.82, 2.24) is 0 Å². The van der Waals surface area contributed by atoms with E-state index in [0.717, 1.165) is 11.0 Å². The van der Waals surface area contributed by atoms with Gasteiger partial charge in [-0.15, -0.1) is 11.8 Å². The summed E-state index contributed by atoms with van der Waals surface area (Å²) in [6, 6.07) is 8.22. The Kier molecular flexibility index (Phi) is 5.18. The summed E-state index contributed by atoms with van der Waals surface area (Å²) in [5, 5.41) is 0.373. The number of sulfonamides is 1. The van der Waals surface area contributed by atoms with Crippen molar-refractivity contribution in [1.29, 1.82) is 0 Å². The third-order valence-corrected chi connectivity index (χ3v) is 6.60. The predicted molar refractivity (Wildman–Crippen MR) is 102 cm³/mol. The number of anilines is 2. The highest BCUT2D eigenvalue weighted by Crippen LogP contribution is 2.40. The smallest absolute Gasteiger partial charge is 0.262 e. The molecule has 0 bridgehead atoms. The average Bonchev–Trinajstić information content (AvgIpc) is 2.56. The van der Waals surface area contributed by atoms with Crippen LogP contribution in [-0.4, -0.2) is 26.1 Å². The summed E-state index contributed by atoms with van der Waals surface area (Å²) in [5.74, 6) is -0.932. The number of amides is 1. The molecule has 1 aliphatic heterocycles. The molecule has 1 heterocycles. The minimum Gasteiger partial charge on any atom is -0.310 e. The van der Waals surface area contributed by atoms with E-state index in [4.69, 9.17) is 11.6 Å². The van der Waals surface area contributed by atoms with E-state index in [2.05, 4.69) is 4.72 Å². The fourth-order valence-electron chi connectivity index (χ4n) is 2.66. The van der Waals surface area contributed by atoms with Crippen LogP contribution < -0.4 is 9.62 Å². The molecule has 1 N–H and O–H groups in total. The number of hydrogen-bond acceptors (Lipinski definition) is 4. The highest BCUT2D eigenvalue weighted by Gasteiger charge is 2.27. The number of halogens is 2. The molecular formula is C17H16ClFN2O3S2. The molecule has 1 amide bonds.